The van der Waals surface area contributed by atoms with E-state index in [0.29, 0.717) is 38.0 Å². The van der Waals surface area contributed by atoms with Gasteiger partial charge in [0.1, 0.15) is 4.32 Å². The molecular formula is C25H25ClN2O5S2. The zero-order valence-corrected chi connectivity index (χ0v) is 21.7. The Morgan fingerprint density at radius 3 is 2.89 bits per heavy atom. The number of hydrogen-bond acceptors (Lipinski definition) is 7. The predicted octanol–water partition coefficient (Wildman–Crippen LogP) is 5.05. The Kier molecular flexibility index (Phi) is 8.33. The summed E-state index contributed by atoms with van der Waals surface area (Å²) in [4.78, 5) is 27.4. The third-order valence-electron chi connectivity index (χ3n) is 5.60. The van der Waals surface area contributed by atoms with Gasteiger partial charge in [0, 0.05) is 17.3 Å². The number of ether oxygens (including phenoxy) is 3. The van der Waals surface area contributed by atoms with Gasteiger partial charge in [-0.05, 0) is 61.2 Å². The highest BCUT2D eigenvalue weighted by atomic mass is 35.5. The predicted molar refractivity (Wildman–Crippen MR) is 142 cm³/mol. The van der Waals surface area contributed by atoms with Crippen molar-refractivity contribution in [1.82, 2.24) is 4.90 Å². The zero-order chi connectivity index (χ0) is 24.9. The van der Waals surface area contributed by atoms with Gasteiger partial charge in [0.15, 0.2) is 18.1 Å². The highest BCUT2D eigenvalue weighted by Gasteiger charge is 2.34. The molecule has 2 aromatic carbocycles. The average Bonchev–Trinajstić information content (AvgIpc) is 3.44. The molecule has 0 saturated carbocycles. The number of thiocarbonyl (C=S) groups is 1. The van der Waals surface area contributed by atoms with Gasteiger partial charge in [-0.1, -0.05) is 47.7 Å². The summed E-state index contributed by atoms with van der Waals surface area (Å²) in [5, 5.41) is 3.33. The van der Waals surface area contributed by atoms with Crippen LogP contribution in [0.2, 0.25) is 5.02 Å². The van der Waals surface area contributed by atoms with E-state index in [1.165, 1.54) is 18.9 Å². The number of anilines is 1. The van der Waals surface area contributed by atoms with Crippen LogP contribution in [-0.4, -0.2) is 54.0 Å². The van der Waals surface area contributed by atoms with Crippen molar-refractivity contribution >= 4 is 63.5 Å². The lowest BCUT2D eigenvalue weighted by Gasteiger charge is -2.18. The third-order valence-corrected chi connectivity index (χ3v) is 7.21. The van der Waals surface area contributed by atoms with Crippen LogP contribution in [0.15, 0.2) is 41.3 Å². The molecular weight excluding hydrogens is 508 g/mol. The van der Waals surface area contributed by atoms with Crippen molar-refractivity contribution < 1.29 is 23.8 Å². The molecule has 0 radical (unpaired) electrons. The molecule has 0 spiro atoms. The number of benzene rings is 2. The van der Waals surface area contributed by atoms with Crippen LogP contribution in [-0.2, 0) is 14.3 Å². The molecule has 2 aliphatic rings. The van der Waals surface area contributed by atoms with Gasteiger partial charge in [-0.25, -0.2) is 0 Å². The summed E-state index contributed by atoms with van der Waals surface area (Å²) in [6.07, 6.45) is 3.75. The van der Waals surface area contributed by atoms with Crippen molar-refractivity contribution in [1.29, 1.82) is 0 Å². The van der Waals surface area contributed by atoms with Crippen molar-refractivity contribution in [3.8, 4) is 11.5 Å². The largest absolute Gasteiger partial charge is 0.493 e. The topological polar surface area (TPSA) is 77.1 Å². The number of hydrogen-bond donors (Lipinski definition) is 1. The standard InChI is InChI=1S/C25H25ClN2O5S2/c1-15-5-7-17(26)12-19(15)27-23(29)14-33-20-8-6-16(10-21(20)31-2)11-22-24(30)28(25(34)35-22)13-18-4-3-9-32-18/h5-8,10-12,18H,3-4,9,13-14H2,1-2H3,(H,27,29)/b22-11-/t18-/m0/s1. The summed E-state index contributed by atoms with van der Waals surface area (Å²) in [6.45, 7) is 2.88. The number of amides is 2. The van der Waals surface area contributed by atoms with Gasteiger partial charge in [-0.3, -0.25) is 14.5 Å². The van der Waals surface area contributed by atoms with Crippen LogP contribution < -0.4 is 14.8 Å². The molecule has 2 aromatic rings. The van der Waals surface area contributed by atoms with Crippen LogP contribution in [0, 0.1) is 6.92 Å². The Hall–Kier alpha value is -2.59. The van der Waals surface area contributed by atoms with E-state index in [1.54, 1.807) is 41.3 Å². The highest BCUT2D eigenvalue weighted by Crippen LogP contribution is 2.35. The lowest BCUT2D eigenvalue weighted by Crippen LogP contribution is -2.35. The molecule has 2 fully saturated rings. The molecule has 2 heterocycles. The number of rotatable bonds is 8. The fraction of sp³-hybridized carbons (Fsp3) is 0.320. The third kappa shape index (κ3) is 6.35. The Bertz CT molecular complexity index is 1180. The Morgan fingerprint density at radius 1 is 1.31 bits per heavy atom. The van der Waals surface area contributed by atoms with Gasteiger partial charge in [-0.2, -0.15) is 0 Å². The van der Waals surface area contributed by atoms with Crippen LogP contribution in [0.25, 0.3) is 6.08 Å². The SMILES string of the molecule is COc1cc(/C=C2\SC(=S)N(C[C@@H]3CCCO3)C2=O)ccc1OCC(=O)Nc1cc(Cl)ccc1C. The lowest BCUT2D eigenvalue weighted by atomic mass is 10.1. The van der Waals surface area contributed by atoms with Gasteiger partial charge in [0.05, 0.1) is 24.7 Å². The number of nitrogens with one attached hydrogen (secondary N) is 1. The summed E-state index contributed by atoms with van der Waals surface area (Å²) in [5.41, 5.74) is 2.28. The number of nitrogens with zero attached hydrogens (tertiary/aromatic N) is 1. The van der Waals surface area contributed by atoms with Crippen molar-refractivity contribution in [2.24, 2.45) is 0 Å². The first-order chi connectivity index (χ1) is 16.8. The molecule has 1 N–H and O–H groups in total. The summed E-state index contributed by atoms with van der Waals surface area (Å²) < 4.78 is 17.3. The maximum Gasteiger partial charge on any atom is 0.266 e. The Balaban J connectivity index is 1.40. The molecule has 7 nitrogen and oxygen atoms in total. The molecule has 0 bridgehead atoms. The van der Waals surface area contributed by atoms with Gasteiger partial charge in [0.25, 0.3) is 11.8 Å². The van der Waals surface area contributed by atoms with E-state index in [2.05, 4.69) is 5.32 Å². The van der Waals surface area contributed by atoms with Crippen LogP contribution >= 0.6 is 35.6 Å². The van der Waals surface area contributed by atoms with Gasteiger partial charge < -0.3 is 19.5 Å². The van der Waals surface area contributed by atoms with Crippen LogP contribution in [0.5, 0.6) is 11.5 Å². The minimum absolute atomic E-state index is 0.0355. The van der Waals surface area contributed by atoms with Crippen LogP contribution in [0.4, 0.5) is 5.69 Å². The quantitative estimate of drug-likeness (QED) is 0.376. The summed E-state index contributed by atoms with van der Waals surface area (Å²) >= 11 is 12.7. The first-order valence-electron chi connectivity index (χ1n) is 11.1. The van der Waals surface area contributed by atoms with E-state index in [0.717, 1.165) is 30.6 Å². The Morgan fingerprint density at radius 2 is 2.14 bits per heavy atom. The summed E-state index contributed by atoms with van der Waals surface area (Å²) in [7, 11) is 1.52. The normalized spacial score (nSPS) is 18.9. The second-order valence-electron chi connectivity index (χ2n) is 8.13. The smallest absolute Gasteiger partial charge is 0.266 e. The van der Waals surface area contributed by atoms with E-state index in [1.807, 2.05) is 13.0 Å². The van der Waals surface area contributed by atoms with E-state index >= 15 is 0 Å². The maximum absolute atomic E-state index is 12.9. The van der Waals surface area contributed by atoms with E-state index in [9.17, 15) is 9.59 Å². The maximum atomic E-state index is 12.9. The summed E-state index contributed by atoms with van der Waals surface area (Å²) in [5.74, 6) is 0.410. The van der Waals surface area contributed by atoms with Crippen molar-refractivity contribution in [2.75, 3.05) is 32.2 Å². The molecule has 0 aromatic heterocycles. The molecule has 2 saturated heterocycles. The second-order valence-corrected chi connectivity index (χ2v) is 10.2. The molecule has 10 heteroatoms. The molecule has 184 valence electrons. The fourth-order valence-corrected chi connectivity index (χ4v) is 5.20. The van der Waals surface area contributed by atoms with E-state index in [-0.39, 0.29) is 24.5 Å². The molecule has 1 atom stereocenters. The van der Waals surface area contributed by atoms with Crippen molar-refractivity contribution in [3.63, 3.8) is 0 Å². The first kappa shape index (κ1) is 25.5. The minimum Gasteiger partial charge on any atom is -0.493 e. The van der Waals surface area contributed by atoms with Crippen molar-refractivity contribution in [3.05, 3.63) is 57.5 Å². The highest BCUT2D eigenvalue weighted by molar-refractivity contribution is 8.26. The monoisotopic (exact) mass is 532 g/mol. The number of aryl methyl sites for hydroxylation is 1. The minimum atomic E-state index is -0.323. The number of halogens is 1. The number of carbonyl (C=O) groups is 2. The summed E-state index contributed by atoms with van der Waals surface area (Å²) in [6, 6.07) is 10.5. The molecule has 0 aliphatic carbocycles. The van der Waals surface area contributed by atoms with Crippen LogP contribution in [0.3, 0.4) is 0 Å². The molecule has 35 heavy (non-hydrogen) atoms. The zero-order valence-electron chi connectivity index (χ0n) is 19.3. The van der Waals surface area contributed by atoms with Gasteiger partial charge >= 0.3 is 0 Å². The average molecular weight is 533 g/mol. The van der Waals surface area contributed by atoms with E-state index < -0.39 is 0 Å². The number of carbonyl (C=O) groups excluding carboxylic acids is 2. The fourth-order valence-electron chi connectivity index (χ4n) is 3.75. The molecule has 0 unspecified atom stereocenters. The molecule has 4 rings (SSSR count). The second kappa shape index (κ2) is 11.4. The van der Waals surface area contributed by atoms with Crippen molar-refractivity contribution in [2.45, 2.75) is 25.9 Å². The molecule has 2 aliphatic heterocycles. The lowest BCUT2D eigenvalue weighted by molar-refractivity contribution is -0.123. The number of thioether (sulfide) groups is 1. The van der Waals surface area contributed by atoms with Gasteiger partial charge in [0.2, 0.25) is 0 Å². The first-order valence-corrected chi connectivity index (χ1v) is 12.7. The molecule has 2 amide bonds. The van der Waals surface area contributed by atoms with E-state index in [4.69, 9.17) is 38.0 Å². The number of methoxy groups -OCH3 is 1. The van der Waals surface area contributed by atoms with Gasteiger partial charge in [-0.15, -0.1) is 0 Å². The Labute approximate surface area is 218 Å². The van der Waals surface area contributed by atoms with Crippen LogP contribution in [0.1, 0.15) is 24.0 Å².